The van der Waals surface area contributed by atoms with Crippen LogP contribution in [0.2, 0.25) is 0 Å². The fourth-order valence-corrected chi connectivity index (χ4v) is 3.93. The highest BCUT2D eigenvalue weighted by Crippen LogP contribution is 2.35. The van der Waals surface area contributed by atoms with E-state index in [2.05, 4.69) is 36.7 Å². The molecular weight excluding hydrogens is 452 g/mol. The predicted octanol–water partition coefficient (Wildman–Crippen LogP) is 1.83. The van der Waals surface area contributed by atoms with Gasteiger partial charge in [0.25, 0.3) is 11.8 Å². The van der Waals surface area contributed by atoms with Crippen LogP contribution in [0.15, 0.2) is 22.0 Å². The van der Waals surface area contributed by atoms with Gasteiger partial charge < -0.3 is 19.1 Å². The molecule has 0 aliphatic carbocycles. The third-order valence-electron chi connectivity index (χ3n) is 4.00. The second-order valence-electron chi connectivity index (χ2n) is 5.72. The number of anilines is 1. The van der Waals surface area contributed by atoms with Gasteiger partial charge in [0.15, 0.2) is 5.13 Å². The standard InChI is InChI=1S/C17H19BrN4O5S/c1-25-12-7-10(8-13(26-2)14(12)18)15(23)20-21-16(24)11-9-28-17(19-11)22-3-5-27-6-4-22/h7-9H,3-6H2,1-2H3,(H,20,23)(H,21,24). The van der Waals surface area contributed by atoms with E-state index in [0.717, 1.165) is 18.2 Å². The number of hydrogen-bond donors (Lipinski definition) is 2. The van der Waals surface area contributed by atoms with Crippen molar-refractivity contribution >= 4 is 44.2 Å². The summed E-state index contributed by atoms with van der Waals surface area (Å²) >= 11 is 4.72. The molecule has 1 aliphatic heterocycles. The van der Waals surface area contributed by atoms with Crippen LogP contribution < -0.4 is 25.2 Å². The molecule has 0 radical (unpaired) electrons. The van der Waals surface area contributed by atoms with Crippen LogP contribution in [0.1, 0.15) is 20.8 Å². The first kappa shape index (κ1) is 20.4. The predicted molar refractivity (Wildman–Crippen MR) is 107 cm³/mol. The van der Waals surface area contributed by atoms with Crippen molar-refractivity contribution in [2.24, 2.45) is 0 Å². The Bertz CT molecular complexity index is 844. The maximum absolute atomic E-state index is 12.4. The van der Waals surface area contributed by atoms with Crippen LogP contribution in [0, 0.1) is 0 Å². The van der Waals surface area contributed by atoms with Gasteiger partial charge in [-0.1, -0.05) is 0 Å². The zero-order valence-electron chi connectivity index (χ0n) is 15.3. The number of rotatable bonds is 5. The molecule has 150 valence electrons. The van der Waals surface area contributed by atoms with Crippen molar-refractivity contribution in [1.29, 1.82) is 0 Å². The number of morpholine rings is 1. The van der Waals surface area contributed by atoms with Crippen molar-refractivity contribution in [2.45, 2.75) is 0 Å². The van der Waals surface area contributed by atoms with Crippen LogP contribution in [0.3, 0.4) is 0 Å². The highest BCUT2D eigenvalue weighted by Gasteiger charge is 2.19. The maximum Gasteiger partial charge on any atom is 0.289 e. The fourth-order valence-electron chi connectivity index (χ4n) is 2.52. The van der Waals surface area contributed by atoms with E-state index in [4.69, 9.17) is 14.2 Å². The Morgan fingerprint density at radius 2 is 1.75 bits per heavy atom. The van der Waals surface area contributed by atoms with Gasteiger partial charge in [0.05, 0.1) is 27.4 Å². The summed E-state index contributed by atoms with van der Waals surface area (Å²) in [5.74, 6) is -0.141. The van der Waals surface area contributed by atoms with Crippen LogP contribution in [0.25, 0.3) is 0 Å². The molecule has 28 heavy (non-hydrogen) atoms. The Balaban J connectivity index is 1.63. The molecule has 9 nitrogen and oxygen atoms in total. The van der Waals surface area contributed by atoms with E-state index in [1.165, 1.54) is 37.7 Å². The van der Waals surface area contributed by atoms with Gasteiger partial charge in [0.1, 0.15) is 21.7 Å². The van der Waals surface area contributed by atoms with Crippen LogP contribution in [0.4, 0.5) is 5.13 Å². The molecule has 1 aromatic carbocycles. The molecule has 2 aromatic rings. The number of benzene rings is 1. The van der Waals surface area contributed by atoms with Crippen molar-refractivity contribution < 1.29 is 23.8 Å². The number of hydrazine groups is 1. The Morgan fingerprint density at radius 3 is 2.36 bits per heavy atom. The highest BCUT2D eigenvalue weighted by molar-refractivity contribution is 9.10. The molecule has 2 N–H and O–H groups in total. The first-order valence-electron chi connectivity index (χ1n) is 8.34. The molecular formula is C17H19BrN4O5S. The number of nitrogens with zero attached hydrogens (tertiary/aromatic N) is 2. The van der Waals surface area contributed by atoms with Gasteiger partial charge in [-0.25, -0.2) is 4.98 Å². The second kappa shape index (κ2) is 9.22. The molecule has 11 heteroatoms. The van der Waals surface area contributed by atoms with E-state index in [1.54, 1.807) is 5.38 Å². The van der Waals surface area contributed by atoms with Gasteiger partial charge in [0.2, 0.25) is 0 Å². The van der Waals surface area contributed by atoms with Gasteiger partial charge in [0, 0.05) is 24.0 Å². The lowest BCUT2D eigenvalue weighted by atomic mass is 10.2. The van der Waals surface area contributed by atoms with Crippen molar-refractivity contribution in [1.82, 2.24) is 15.8 Å². The van der Waals surface area contributed by atoms with Crippen molar-refractivity contribution in [3.05, 3.63) is 33.2 Å². The van der Waals surface area contributed by atoms with E-state index in [0.29, 0.717) is 29.2 Å². The molecule has 1 aromatic heterocycles. The largest absolute Gasteiger partial charge is 0.495 e. The van der Waals surface area contributed by atoms with Crippen molar-refractivity contribution in [3.63, 3.8) is 0 Å². The average Bonchev–Trinajstić information content (AvgIpc) is 3.23. The molecule has 1 fully saturated rings. The quantitative estimate of drug-likeness (QED) is 0.642. The first-order chi connectivity index (χ1) is 13.5. The third-order valence-corrected chi connectivity index (χ3v) is 5.69. The van der Waals surface area contributed by atoms with Gasteiger partial charge in [-0.2, -0.15) is 0 Å². The summed E-state index contributed by atoms with van der Waals surface area (Å²) in [6, 6.07) is 3.07. The van der Waals surface area contributed by atoms with Crippen LogP contribution >= 0.6 is 27.3 Å². The lowest BCUT2D eigenvalue weighted by Crippen LogP contribution is -2.42. The number of nitrogens with one attached hydrogen (secondary N) is 2. The number of ether oxygens (including phenoxy) is 3. The Morgan fingerprint density at radius 1 is 1.14 bits per heavy atom. The normalized spacial score (nSPS) is 13.8. The summed E-state index contributed by atoms with van der Waals surface area (Å²) < 4.78 is 16.3. The second-order valence-corrected chi connectivity index (χ2v) is 7.35. The van der Waals surface area contributed by atoms with Gasteiger partial charge >= 0.3 is 0 Å². The van der Waals surface area contributed by atoms with Crippen LogP contribution in [-0.2, 0) is 4.74 Å². The molecule has 1 aliphatic rings. The molecule has 0 saturated carbocycles. The number of aromatic nitrogens is 1. The molecule has 0 bridgehead atoms. The zero-order valence-corrected chi connectivity index (χ0v) is 17.7. The van der Waals surface area contributed by atoms with Gasteiger partial charge in [-0.05, 0) is 28.1 Å². The molecule has 2 amide bonds. The smallest absolute Gasteiger partial charge is 0.289 e. The summed E-state index contributed by atoms with van der Waals surface area (Å²) in [6.45, 7) is 2.74. The maximum atomic E-state index is 12.4. The minimum Gasteiger partial charge on any atom is -0.495 e. The summed E-state index contributed by atoms with van der Waals surface area (Å²) in [5.41, 5.74) is 5.25. The van der Waals surface area contributed by atoms with Gasteiger partial charge in [-0.3, -0.25) is 20.4 Å². The molecule has 3 rings (SSSR count). The van der Waals surface area contributed by atoms with Crippen LogP contribution in [0.5, 0.6) is 11.5 Å². The number of thiazole rings is 1. The molecule has 2 heterocycles. The Labute approximate surface area is 174 Å². The van der Waals surface area contributed by atoms with Crippen molar-refractivity contribution in [2.75, 3.05) is 45.4 Å². The summed E-state index contributed by atoms with van der Waals surface area (Å²) in [7, 11) is 2.97. The van der Waals surface area contributed by atoms with Gasteiger partial charge in [-0.15, -0.1) is 11.3 Å². The van der Waals surface area contributed by atoms with E-state index < -0.39 is 11.8 Å². The Hall–Kier alpha value is -2.37. The summed E-state index contributed by atoms with van der Waals surface area (Å²) in [4.78, 5) is 31.1. The number of carbonyl (C=O) groups excluding carboxylic acids is 2. The van der Waals surface area contributed by atoms with E-state index in [9.17, 15) is 9.59 Å². The number of hydrogen-bond acceptors (Lipinski definition) is 8. The molecule has 0 spiro atoms. The van der Waals surface area contributed by atoms with E-state index in [1.807, 2.05) is 0 Å². The summed E-state index contributed by atoms with van der Waals surface area (Å²) in [6.07, 6.45) is 0. The highest BCUT2D eigenvalue weighted by atomic mass is 79.9. The van der Waals surface area contributed by atoms with E-state index in [-0.39, 0.29) is 11.3 Å². The molecule has 0 unspecified atom stereocenters. The third kappa shape index (κ3) is 4.54. The number of amides is 2. The SMILES string of the molecule is COc1cc(C(=O)NNC(=O)c2csc(N3CCOCC3)n2)cc(OC)c1Br. The average molecular weight is 471 g/mol. The lowest BCUT2D eigenvalue weighted by Gasteiger charge is -2.25. The minimum atomic E-state index is -0.513. The molecule has 1 saturated heterocycles. The zero-order chi connectivity index (χ0) is 20.1. The number of carbonyl (C=O) groups is 2. The van der Waals surface area contributed by atoms with Crippen molar-refractivity contribution in [3.8, 4) is 11.5 Å². The lowest BCUT2D eigenvalue weighted by molar-refractivity contribution is 0.0844. The number of halogens is 1. The monoisotopic (exact) mass is 470 g/mol. The fraction of sp³-hybridized carbons (Fsp3) is 0.353. The summed E-state index contributed by atoms with van der Waals surface area (Å²) in [5, 5.41) is 2.40. The topological polar surface area (TPSA) is 102 Å². The number of methoxy groups -OCH3 is 2. The van der Waals surface area contributed by atoms with Crippen LogP contribution in [-0.4, -0.2) is 57.3 Å². The first-order valence-corrected chi connectivity index (χ1v) is 10.0. The van der Waals surface area contributed by atoms with E-state index >= 15 is 0 Å². The minimum absolute atomic E-state index is 0.234. The Kier molecular flexibility index (Phi) is 6.70. The molecule has 0 atom stereocenters.